The highest BCUT2D eigenvalue weighted by Gasteiger charge is 2.46. The Kier molecular flexibility index (Phi) is 5.26. The van der Waals surface area contributed by atoms with Gasteiger partial charge in [-0.1, -0.05) is 17.7 Å². The van der Waals surface area contributed by atoms with Gasteiger partial charge in [-0.3, -0.25) is 9.59 Å². The fourth-order valence-corrected chi connectivity index (χ4v) is 2.69. The van der Waals surface area contributed by atoms with Gasteiger partial charge >= 0.3 is 5.97 Å². The lowest BCUT2D eigenvalue weighted by atomic mass is 9.88. The van der Waals surface area contributed by atoms with Crippen molar-refractivity contribution in [1.29, 1.82) is 0 Å². The highest BCUT2D eigenvalue weighted by Crippen LogP contribution is 2.31. The van der Waals surface area contributed by atoms with Gasteiger partial charge in [0.05, 0.1) is 6.61 Å². The second-order valence-corrected chi connectivity index (χ2v) is 5.77. The summed E-state index contributed by atoms with van der Waals surface area (Å²) in [6.45, 7) is 0.450. The van der Waals surface area contributed by atoms with E-state index in [1.54, 1.807) is 24.3 Å². The summed E-state index contributed by atoms with van der Waals surface area (Å²) in [5.74, 6) is -0.693. The van der Waals surface area contributed by atoms with Gasteiger partial charge in [-0.2, -0.15) is 0 Å². The summed E-state index contributed by atoms with van der Waals surface area (Å²) in [5.41, 5.74) is -1.03. The third-order valence-corrected chi connectivity index (χ3v) is 3.97. The molecule has 22 heavy (non-hydrogen) atoms. The van der Waals surface area contributed by atoms with Gasteiger partial charge in [0.25, 0.3) is 5.91 Å². The Bertz CT molecular complexity index is 565. The van der Waals surface area contributed by atoms with E-state index in [4.69, 9.17) is 21.1 Å². The van der Waals surface area contributed by atoms with Crippen LogP contribution in [0.1, 0.15) is 6.42 Å². The number of aliphatic carboxylic acids is 1. The van der Waals surface area contributed by atoms with E-state index in [-0.39, 0.29) is 25.7 Å². The second kappa shape index (κ2) is 6.98. The average Bonchev–Trinajstić information content (AvgIpc) is 2.91. The monoisotopic (exact) mass is 327 g/mol. The molecule has 1 fully saturated rings. The van der Waals surface area contributed by atoms with E-state index in [0.29, 0.717) is 23.7 Å². The zero-order chi connectivity index (χ0) is 16.2. The molecule has 1 N–H and O–H groups in total. The van der Waals surface area contributed by atoms with Crippen LogP contribution < -0.4 is 4.74 Å². The van der Waals surface area contributed by atoms with E-state index < -0.39 is 11.4 Å². The molecular weight excluding hydrogens is 310 g/mol. The third-order valence-electron chi connectivity index (χ3n) is 3.74. The van der Waals surface area contributed by atoms with Crippen molar-refractivity contribution in [1.82, 2.24) is 4.90 Å². The van der Waals surface area contributed by atoms with Crippen LogP contribution in [-0.2, 0) is 14.3 Å². The molecule has 7 heteroatoms. The largest absolute Gasteiger partial charge is 0.484 e. The molecule has 1 unspecified atom stereocenters. The number of carboxylic acids is 1. The molecule has 120 valence electrons. The molecule has 0 radical (unpaired) electrons. The molecule has 1 atom stereocenters. The summed E-state index contributed by atoms with van der Waals surface area (Å²) >= 11 is 5.84. The van der Waals surface area contributed by atoms with Crippen LogP contribution >= 0.6 is 11.6 Å². The molecule has 1 heterocycles. The third kappa shape index (κ3) is 3.69. The number of hydrogen-bond acceptors (Lipinski definition) is 4. The lowest BCUT2D eigenvalue weighted by Crippen LogP contribution is -2.41. The molecule has 6 nitrogen and oxygen atoms in total. The van der Waals surface area contributed by atoms with E-state index in [2.05, 4.69) is 0 Å². The van der Waals surface area contributed by atoms with E-state index >= 15 is 0 Å². The van der Waals surface area contributed by atoms with Crippen LogP contribution in [0.25, 0.3) is 0 Å². The molecule has 0 aliphatic carbocycles. The van der Waals surface area contributed by atoms with Crippen LogP contribution in [-0.4, -0.2) is 55.3 Å². The Morgan fingerprint density at radius 3 is 2.86 bits per heavy atom. The molecule has 1 aromatic carbocycles. The predicted molar refractivity (Wildman–Crippen MR) is 80.1 cm³/mol. The maximum absolute atomic E-state index is 12.2. The molecule has 0 aromatic heterocycles. The molecule has 1 saturated heterocycles. The molecule has 1 amide bonds. The van der Waals surface area contributed by atoms with Crippen molar-refractivity contribution in [3.63, 3.8) is 0 Å². The number of rotatable bonds is 6. The summed E-state index contributed by atoms with van der Waals surface area (Å²) in [7, 11) is 1.46. The van der Waals surface area contributed by atoms with Crippen LogP contribution in [0.3, 0.4) is 0 Å². The number of nitrogens with zero attached hydrogens (tertiary/aromatic N) is 1. The average molecular weight is 328 g/mol. The Balaban J connectivity index is 1.92. The minimum absolute atomic E-state index is 0.0846. The number of likely N-dealkylation sites (tertiary alicyclic amines) is 1. The fraction of sp³-hybridized carbons (Fsp3) is 0.467. The van der Waals surface area contributed by atoms with Gasteiger partial charge in [0.1, 0.15) is 11.2 Å². The van der Waals surface area contributed by atoms with Gasteiger partial charge < -0.3 is 19.5 Å². The Morgan fingerprint density at radius 1 is 1.45 bits per heavy atom. The topological polar surface area (TPSA) is 76.1 Å². The minimum Gasteiger partial charge on any atom is -0.484 e. The van der Waals surface area contributed by atoms with E-state index in [0.717, 1.165) is 0 Å². The van der Waals surface area contributed by atoms with Crippen molar-refractivity contribution < 1.29 is 24.2 Å². The van der Waals surface area contributed by atoms with Gasteiger partial charge in [-0.05, 0) is 24.6 Å². The molecule has 0 saturated carbocycles. The SMILES string of the molecule is COCC1(C(=O)O)CCN(C(=O)COc2cccc(Cl)c2)C1. The molecule has 1 aromatic rings. The van der Waals surface area contributed by atoms with Gasteiger partial charge in [0, 0.05) is 25.2 Å². The fourth-order valence-electron chi connectivity index (χ4n) is 2.51. The number of methoxy groups -OCH3 is 1. The molecule has 0 spiro atoms. The number of carbonyl (C=O) groups excluding carboxylic acids is 1. The van der Waals surface area contributed by atoms with Gasteiger partial charge in [0.15, 0.2) is 6.61 Å². The van der Waals surface area contributed by atoms with E-state index in [1.807, 2.05) is 0 Å². The van der Waals surface area contributed by atoms with Crippen molar-refractivity contribution in [2.75, 3.05) is 33.4 Å². The zero-order valence-electron chi connectivity index (χ0n) is 12.3. The van der Waals surface area contributed by atoms with Crippen LogP contribution in [0.15, 0.2) is 24.3 Å². The maximum atomic E-state index is 12.2. The highest BCUT2D eigenvalue weighted by atomic mass is 35.5. The van der Waals surface area contributed by atoms with Gasteiger partial charge in [0.2, 0.25) is 0 Å². The zero-order valence-corrected chi connectivity index (χ0v) is 13.0. The number of benzene rings is 1. The Morgan fingerprint density at radius 2 is 2.23 bits per heavy atom. The summed E-state index contributed by atoms with van der Waals surface area (Å²) in [6, 6.07) is 6.76. The van der Waals surface area contributed by atoms with Gasteiger partial charge in [-0.15, -0.1) is 0 Å². The first-order valence-electron chi connectivity index (χ1n) is 6.85. The molecule has 0 bridgehead atoms. The van der Waals surface area contributed by atoms with Crippen molar-refractivity contribution in [3.8, 4) is 5.75 Å². The molecule has 1 aliphatic heterocycles. The number of carbonyl (C=O) groups is 2. The summed E-state index contributed by atoms with van der Waals surface area (Å²) in [6.07, 6.45) is 0.374. The van der Waals surface area contributed by atoms with Crippen molar-refractivity contribution >= 4 is 23.5 Å². The molecular formula is C15H18ClNO5. The standard InChI is InChI=1S/C15H18ClNO5/c1-21-10-15(14(19)20)5-6-17(9-15)13(18)8-22-12-4-2-3-11(16)7-12/h2-4,7H,5-6,8-10H2,1H3,(H,19,20). The molecule has 2 rings (SSSR count). The van der Waals surface area contributed by atoms with Crippen LogP contribution in [0.4, 0.5) is 0 Å². The van der Waals surface area contributed by atoms with Crippen molar-refractivity contribution in [2.24, 2.45) is 5.41 Å². The lowest BCUT2D eigenvalue weighted by molar-refractivity contribution is -0.151. The summed E-state index contributed by atoms with van der Waals surface area (Å²) < 4.78 is 10.4. The first-order valence-corrected chi connectivity index (χ1v) is 7.23. The number of ether oxygens (including phenoxy) is 2. The van der Waals surface area contributed by atoms with E-state index in [1.165, 1.54) is 12.0 Å². The summed E-state index contributed by atoms with van der Waals surface area (Å²) in [5, 5.41) is 9.89. The van der Waals surface area contributed by atoms with Crippen LogP contribution in [0.2, 0.25) is 5.02 Å². The number of carboxylic acid groups (broad SMARTS) is 1. The predicted octanol–water partition coefficient (Wildman–Crippen LogP) is 1.67. The Labute approximate surface area is 133 Å². The summed E-state index contributed by atoms with van der Waals surface area (Å²) in [4.78, 5) is 25.1. The number of halogens is 1. The van der Waals surface area contributed by atoms with E-state index in [9.17, 15) is 14.7 Å². The number of amides is 1. The second-order valence-electron chi connectivity index (χ2n) is 5.33. The Hall–Kier alpha value is -1.79. The van der Waals surface area contributed by atoms with Crippen molar-refractivity contribution in [2.45, 2.75) is 6.42 Å². The quantitative estimate of drug-likeness (QED) is 0.860. The minimum atomic E-state index is -1.03. The van der Waals surface area contributed by atoms with Crippen LogP contribution in [0.5, 0.6) is 5.75 Å². The van der Waals surface area contributed by atoms with Crippen LogP contribution in [0, 0.1) is 5.41 Å². The smallest absolute Gasteiger partial charge is 0.313 e. The normalized spacial score (nSPS) is 20.9. The first-order chi connectivity index (χ1) is 10.5. The first kappa shape index (κ1) is 16.6. The highest BCUT2D eigenvalue weighted by molar-refractivity contribution is 6.30. The molecule has 1 aliphatic rings. The lowest BCUT2D eigenvalue weighted by Gasteiger charge is -2.23. The van der Waals surface area contributed by atoms with Crippen molar-refractivity contribution in [3.05, 3.63) is 29.3 Å². The maximum Gasteiger partial charge on any atom is 0.313 e. The number of hydrogen-bond donors (Lipinski definition) is 1. The van der Waals surface area contributed by atoms with Gasteiger partial charge in [-0.25, -0.2) is 0 Å².